The molecule has 98 valence electrons. The highest BCUT2D eigenvalue weighted by Gasteiger charge is 2.12. The van der Waals surface area contributed by atoms with E-state index in [2.05, 4.69) is 0 Å². The Labute approximate surface area is 122 Å². The van der Waals surface area contributed by atoms with Gasteiger partial charge in [-0.3, -0.25) is 4.79 Å². The van der Waals surface area contributed by atoms with Gasteiger partial charge in [0.25, 0.3) is 0 Å². The Morgan fingerprint density at radius 2 is 1.95 bits per heavy atom. The number of benzene rings is 2. The summed E-state index contributed by atoms with van der Waals surface area (Å²) in [5, 5.41) is 0.882. The van der Waals surface area contributed by atoms with E-state index < -0.39 is 0 Å². The minimum atomic E-state index is -0.0316. The van der Waals surface area contributed by atoms with Crippen LogP contribution < -0.4 is 5.73 Å². The first-order chi connectivity index (χ1) is 8.99. The Bertz CT molecular complexity index is 638. The van der Waals surface area contributed by atoms with Crippen molar-refractivity contribution in [2.45, 2.75) is 13.3 Å². The maximum absolute atomic E-state index is 12.2. The fourth-order valence-corrected chi connectivity index (χ4v) is 2.16. The van der Waals surface area contributed by atoms with E-state index in [1.807, 2.05) is 13.0 Å². The SMILES string of the molecule is Cc1ccc(C(=O)Cc2cccc(Cl)c2Cl)cc1N. The van der Waals surface area contributed by atoms with Crippen LogP contribution in [-0.2, 0) is 6.42 Å². The van der Waals surface area contributed by atoms with Crippen molar-refractivity contribution in [3.63, 3.8) is 0 Å². The van der Waals surface area contributed by atoms with E-state index in [4.69, 9.17) is 28.9 Å². The predicted molar refractivity (Wildman–Crippen MR) is 80.1 cm³/mol. The molecule has 0 aliphatic rings. The van der Waals surface area contributed by atoms with Crippen LogP contribution in [0.4, 0.5) is 5.69 Å². The van der Waals surface area contributed by atoms with Crippen LogP contribution in [0.25, 0.3) is 0 Å². The van der Waals surface area contributed by atoms with Gasteiger partial charge < -0.3 is 5.73 Å². The van der Waals surface area contributed by atoms with Crippen LogP contribution >= 0.6 is 23.2 Å². The van der Waals surface area contributed by atoms with E-state index in [1.54, 1.807) is 30.3 Å². The van der Waals surface area contributed by atoms with Gasteiger partial charge in [-0.2, -0.15) is 0 Å². The average Bonchev–Trinajstić information content (AvgIpc) is 2.38. The largest absolute Gasteiger partial charge is 0.398 e. The number of nitrogen functional groups attached to an aromatic ring is 1. The number of hydrogen-bond donors (Lipinski definition) is 1. The van der Waals surface area contributed by atoms with Gasteiger partial charge in [0.15, 0.2) is 5.78 Å². The van der Waals surface area contributed by atoms with Crippen molar-refractivity contribution in [1.29, 1.82) is 0 Å². The van der Waals surface area contributed by atoms with Crippen LogP contribution in [0.5, 0.6) is 0 Å². The van der Waals surface area contributed by atoms with Gasteiger partial charge in [-0.1, -0.05) is 47.5 Å². The number of carbonyl (C=O) groups excluding carboxylic acids is 1. The van der Waals surface area contributed by atoms with E-state index in [0.717, 1.165) is 11.1 Å². The number of anilines is 1. The molecule has 0 heterocycles. The molecule has 4 heteroatoms. The highest BCUT2D eigenvalue weighted by atomic mass is 35.5. The number of hydrogen-bond acceptors (Lipinski definition) is 2. The van der Waals surface area contributed by atoms with Crippen molar-refractivity contribution in [2.24, 2.45) is 0 Å². The molecular formula is C15H13Cl2NO. The topological polar surface area (TPSA) is 43.1 Å². The summed E-state index contributed by atoms with van der Waals surface area (Å²) in [5.74, 6) is -0.0316. The van der Waals surface area contributed by atoms with Crippen molar-refractivity contribution in [1.82, 2.24) is 0 Å². The molecule has 0 aliphatic heterocycles. The van der Waals surface area contributed by atoms with Gasteiger partial charge in [0.05, 0.1) is 10.0 Å². The first-order valence-corrected chi connectivity index (χ1v) is 6.57. The lowest BCUT2D eigenvalue weighted by Gasteiger charge is -2.07. The molecule has 2 N–H and O–H groups in total. The summed E-state index contributed by atoms with van der Waals surface area (Å²) in [6.07, 6.45) is 0.210. The number of aryl methyl sites for hydroxylation is 1. The average molecular weight is 294 g/mol. The molecule has 0 unspecified atom stereocenters. The molecule has 0 aliphatic carbocycles. The summed E-state index contributed by atoms with van der Waals surface area (Å²) in [6, 6.07) is 10.6. The Morgan fingerprint density at radius 1 is 1.21 bits per heavy atom. The Morgan fingerprint density at radius 3 is 2.63 bits per heavy atom. The second-order valence-electron chi connectivity index (χ2n) is 4.38. The molecule has 0 amide bonds. The summed E-state index contributed by atoms with van der Waals surface area (Å²) in [7, 11) is 0. The van der Waals surface area contributed by atoms with Gasteiger partial charge in [0.1, 0.15) is 0 Å². The Kier molecular flexibility index (Phi) is 4.13. The summed E-state index contributed by atoms with van der Waals surface area (Å²) in [5.41, 5.74) is 8.68. The number of carbonyl (C=O) groups is 1. The molecule has 2 nitrogen and oxygen atoms in total. The first-order valence-electron chi connectivity index (χ1n) is 5.81. The molecule has 0 bridgehead atoms. The van der Waals surface area contributed by atoms with E-state index in [-0.39, 0.29) is 12.2 Å². The Hall–Kier alpha value is -1.51. The number of rotatable bonds is 3. The number of nitrogens with two attached hydrogens (primary N) is 1. The van der Waals surface area contributed by atoms with Crippen molar-refractivity contribution in [3.8, 4) is 0 Å². The fraction of sp³-hybridized carbons (Fsp3) is 0.133. The maximum Gasteiger partial charge on any atom is 0.167 e. The molecule has 2 rings (SSSR count). The lowest BCUT2D eigenvalue weighted by atomic mass is 10.0. The monoisotopic (exact) mass is 293 g/mol. The molecule has 0 saturated heterocycles. The number of Topliss-reactive ketones (excluding diaryl/α,β-unsaturated/α-hetero) is 1. The van der Waals surface area contributed by atoms with Gasteiger partial charge in [0.2, 0.25) is 0 Å². The molecule has 0 saturated carbocycles. The number of halogens is 2. The summed E-state index contributed by atoms with van der Waals surface area (Å²) in [6.45, 7) is 1.90. The van der Waals surface area contributed by atoms with Gasteiger partial charge in [0, 0.05) is 17.7 Å². The lowest BCUT2D eigenvalue weighted by Crippen LogP contribution is -2.05. The van der Waals surface area contributed by atoms with Crippen LogP contribution in [0.15, 0.2) is 36.4 Å². The first kappa shape index (κ1) is 13.9. The molecule has 0 aromatic heterocycles. The highest BCUT2D eigenvalue weighted by Crippen LogP contribution is 2.26. The zero-order valence-corrected chi connectivity index (χ0v) is 11.9. The van der Waals surface area contributed by atoms with Gasteiger partial charge in [-0.15, -0.1) is 0 Å². The van der Waals surface area contributed by atoms with Crippen LogP contribution in [0, 0.1) is 6.92 Å². The van der Waals surface area contributed by atoms with Crippen LogP contribution in [0.1, 0.15) is 21.5 Å². The second kappa shape index (κ2) is 5.64. The maximum atomic E-state index is 12.2. The molecule has 0 radical (unpaired) electrons. The third kappa shape index (κ3) is 3.09. The molecule has 2 aromatic rings. The molecule has 2 aromatic carbocycles. The fourth-order valence-electron chi connectivity index (χ4n) is 1.77. The smallest absolute Gasteiger partial charge is 0.167 e. The predicted octanol–water partition coefficient (Wildman–Crippen LogP) is 4.31. The van der Waals surface area contributed by atoms with E-state index in [9.17, 15) is 4.79 Å². The summed E-state index contributed by atoms with van der Waals surface area (Å²) >= 11 is 12.0. The third-order valence-corrected chi connectivity index (χ3v) is 3.84. The second-order valence-corrected chi connectivity index (χ2v) is 5.17. The molecule has 0 atom stereocenters. The van der Waals surface area contributed by atoms with Crippen molar-refractivity contribution in [2.75, 3.05) is 5.73 Å². The molecule has 0 fully saturated rings. The van der Waals surface area contributed by atoms with Gasteiger partial charge in [-0.25, -0.2) is 0 Å². The van der Waals surface area contributed by atoms with Crippen LogP contribution in [0.2, 0.25) is 10.0 Å². The zero-order chi connectivity index (χ0) is 14.0. The zero-order valence-electron chi connectivity index (χ0n) is 10.4. The molecule has 0 spiro atoms. The lowest BCUT2D eigenvalue weighted by molar-refractivity contribution is 0.0993. The minimum Gasteiger partial charge on any atom is -0.398 e. The highest BCUT2D eigenvalue weighted by molar-refractivity contribution is 6.42. The normalized spacial score (nSPS) is 10.5. The van der Waals surface area contributed by atoms with E-state index in [1.165, 1.54) is 0 Å². The van der Waals surface area contributed by atoms with E-state index in [0.29, 0.717) is 21.3 Å². The minimum absolute atomic E-state index is 0.0316. The summed E-state index contributed by atoms with van der Waals surface area (Å²) < 4.78 is 0. The third-order valence-electron chi connectivity index (χ3n) is 2.98. The van der Waals surface area contributed by atoms with Gasteiger partial charge >= 0.3 is 0 Å². The Balaban J connectivity index is 2.26. The van der Waals surface area contributed by atoms with Crippen molar-refractivity contribution < 1.29 is 4.79 Å². The van der Waals surface area contributed by atoms with Crippen molar-refractivity contribution in [3.05, 3.63) is 63.1 Å². The van der Waals surface area contributed by atoms with Gasteiger partial charge in [-0.05, 0) is 30.2 Å². The number of ketones is 1. The quantitative estimate of drug-likeness (QED) is 0.677. The van der Waals surface area contributed by atoms with E-state index >= 15 is 0 Å². The molecule has 19 heavy (non-hydrogen) atoms. The summed E-state index contributed by atoms with van der Waals surface area (Å²) in [4.78, 5) is 12.2. The van der Waals surface area contributed by atoms with Crippen molar-refractivity contribution >= 4 is 34.7 Å². The molecular weight excluding hydrogens is 281 g/mol. The van der Waals surface area contributed by atoms with Crippen LogP contribution in [0.3, 0.4) is 0 Å². The van der Waals surface area contributed by atoms with Crippen LogP contribution in [-0.4, -0.2) is 5.78 Å². The standard InChI is InChI=1S/C15H13Cl2NO/c1-9-5-6-10(7-13(9)18)14(19)8-11-3-2-4-12(16)15(11)17/h2-7H,8,18H2,1H3.